The van der Waals surface area contributed by atoms with Gasteiger partial charge < -0.3 is 9.47 Å². The van der Waals surface area contributed by atoms with Crippen molar-refractivity contribution in [2.75, 3.05) is 7.05 Å². The molecule has 0 unspecified atom stereocenters. The Bertz CT molecular complexity index is 993. The van der Waals surface area contributed by atoms with Crippen LogP contribution in [0.1, 0.15) is 53.8 Å². The Balaban J connectivity index is 1.50. The quantitative estimate of drug-likeness (QED) is 0.566. The molecule has 2 aromatic heterocycles. The topological polar surface area (TPSA) is 38.1 Å². The van der Waals surface area contributed by atoms with E-state index in [-0.39, 0.29) is 11.9 Å². The first-order valence-electron chi connectivity index (χ1n) is 9.44. The Labute approximate surface area is 164 Å². The molecule has 27 heavy (non-hydrogen) atoms. The van der Waals surface area contributed by atoms with Crippen LogP contribution >= 0.6 is 11.3 Å². The third-order valence-electron chi connectivity index (χ3n) is 5.44. The van der Waals surface area contributed by atoms with E-state index >= 15 is 0 Å². The molecule has 4 nitrogen and oxygen atoms in total. The molecule has 1 fully saturated rings. The summed E-state index contributed by atoms with van der Waals surface area (Å²) in [6, 6.07) is 10.9. The van der Waals surface area contributed by atoms with Crippen LogP contribution in [0.15, 0.2) is 36.4 Å². The predicted octanol–water partition coefficient (Wildman–Crippen LogP) is 5.28. The summed E-state index contributed by atoms with van der Waals surface area (Å²) in [7, 11) is 1.84. The van der Waals surface area contributed by atoms with Crippen molar-refractivity contribution in [3.05, 3.63) is 58.4 Å². The Kier molecular flexibility index (Phi) is 4.64. The Morgan fingerprint density at radius 1 is 1.33 bits per heavy atom. The number of aromatic nitrogens is 2. The second kappa shape index (κ2) is 6.97. The van der Waals surface area contributed by atoms with Gasteiger partial charge in [0.2, 0.25) is 5.91 Å². The van der Waals surface area contributed by atoms with E-state index in [1.807, 2.05) is 38.2 Å². The molecular formula is C22H25N3OS. The summed E-state index contributed by atoms with van der Waals surface area (Å²) in [5.41, 5.74) is 4.65. The molecule has 140 valence electrons. The zero-order valence-corrected chi connectivity index (χ0v) is 17.1. The van der Waals surface area contributed by atoms with Crippen LogP contribution in [-0.4, -0.2) is 27.4 Å². The minimum absolute atomic E-state index is 0.00187. The number of fused-ring (bicyclic) bond motifs is 1. The zero-order chi connectivity index (χ0) is 19.1. The largest absolute Gasteiger partial charge is 0.346 e. The van der Waals surface area contributed by atoms with Crippen LogP contribution in [-0.2, 0) is 4.79 Å². The maximum Gasteiger partial charge on any atom is 0.246 e. The molecule has 0 N–H and O–H groups in total. The lowest BCUT2D eigenvalue weighted by Crippen LogP contribution is -2.27. The number of hydrogen-bond acceptors (Lipinski definition) is 3. The molecule has 1 aliphatic carbocycles. The van der Waals surface area contributed by atoms with Crippen LogP contribution in [0.4, 0.5) is 0 Å². The van der Waals surface area contributed by atoms with Gasteiger partial charge in [0.1, 0.15) is 5.01 Å². The molecule has 1 atom stereocenters. The fourth-order valence-electron chi connectivity index (χ4n) is 3.57. The third kappa shape index (κ3) is 3.44. The van der Waals surface area contributed by atoms with Gasteiger partial charge >= 0.3 is 0 Å². The van der Waals surface area contributed by atoms with E-state index in [1.54, 1.807) is 22.3 Å². The van der Waals surface area contributed by atoms with E-state index in [1.165, 1.54) is 24.2 Å². The van der Waals surface area contributed by atoms with Crippen molar-refractivity contribution in [3.8, 4) is 0 Å². The lowest BCUT2D eigenvalue weighted by Gasteiger charge is -2.21. The smallest absolute Gasteiger partial charge is 0.246 e. The number of thiazole rings is 1. The van der Waals surface area contributed by atoms with Crippen molar-refractivity contribution in [2.45, 2.75) is 45.7 Å². The molecule has 1 aromatic carbocycles. The number of nitrogens with zero attached hydrogens (tertiary/aromatic N) is 3. The molecule has 2 heterocycles. The maximum absolute atomic E-state index is 12.7. The highest BCUT2D eigenvalue weighted by molar-refractivity contribution is 7.18. The second-order valence-corrected chi connectivity index (χ2v) is 8.47. The Morgan fingerprint density at radius 3 is 2.78 bits per heavy atom. The van der Waals surface area contributed by atoms with Crippen molar-refractivity contribution >= 4 is 33.5 Å². The summed E-state index contributed by atoms with van der Waals surface area (Å²) in [5.74, 6) is -0.00187. The average molecular weight is 380 g/mol. The molecule has 0 aliphatic heterocycles. The third-order valence-corrected chi connectivity index (χ3v) is 6.64. The molecule has 0 spiro atoms. The first kappa shape index (κ1) is 18.0. The van der Waals surface area contributed by atoms with E-state index in [0.717, 1.165) is 20.8 Å². The van der Waals surface area contributed by atoms with Crippen molar-refractivity contribution in [3.63, 3.8) is 0 Å². The van der Waals surface area contributed by atoms with Gasteiger partial charge in [-0.05, 0) is 63.5 Å². The summed E-state index contributed by atoms with van der Waals surface area (Å²) in [4.78, 5) is 19.1. The molecule has 1 saturated carbocycles. The van der Waals surface area contributed by atoms with Crippen molar-refractivity contribution in [1.82, 2.24) is 14.5 Å². The number of amides is 1. The first-order valence-corrected chi connectivity index (χ1v) is 10.3. The van der Waals surface area contributed by atoms with Gasteiger partial charge in [0.25, 0.3) is 0 Å². The number of aryl methyl sites for hydroxylation is 1. The Morgan fingerprint density at radius 2 is 2.07 bits per heavy atom. The van der Waals surface area contributed by atoms with Crippen LogP contribution in [0, 0.1) is 13.8 Å². The molecule has 0 radical (unpaired) electrons. The summed E-state index contributed by atoms with van der Waals surface area (Å²) in [6.07, 6.45) is 6.16. The predicted molar refractivity (Wildman–Crippen MR) is 112 cm³/mol. The molecule has 4 rings (SSSR count). The van der Waals surface area contributed by atoms with E-state index < -0.39 is 0 Å². The van der Waals surface area contributed by atoms with E-state index in [9.17, 15) is 4.79 Å². The van der Waals surface area contributed by atoms with Crippen LogP contribution in [0.3, 0.4) is 0 Å². The molecule has 3 aromatic rings. The lowest BCUT2D eigenvalue weighted by molar-refractivity contribution is -0.126. The highest BCUT2D eigenvalue weighted by atomic mass is 32.1. The summed E-state index contributed by atoms with van der Waals surface area (Å²) in [5, 5.41) is 0.965. The van der Waals surface area contributed by atoms with Gasteiger partial charge in [0.15, 0.2) is 0 Å². The molecule has 0 bridgehead atoms. The standard InChI is InChI=1S/C22H25N3OS/c1-14-13-17(15(2)25(14)18-10-11-18)9-12-21(26)24(4)16(3)22-23-19-7-5-6-8-20(19)27-22/h5-9,12-13,16,18H,10-11H2,1-4H3/b12-9+/t16-/m1/s1. The van der Waals surface area contributed by atoms with E-state index in [4.69, 9.17) is 0 Å². The number of carbonyl (C=O) groups excluding carboxylic acids is 1. The van der Waals surface area contributed by atoms with Gasteiger partial charge in [-0.25, -0.2) is 4.98 Å². The van der Waals surface area contributed by atoms with Crippen molar-refractivity contribution in [2.24, 2.45) is 0 Å². The van der Waals surface area contributed by atoms with Crippen LogP contribution in [0.2, 0.25) is 0 Å². The second-order valence-electron chi connectivity index (χ2n) is 7.41. The highest BCUT2D eigenvalue weighted by Gasteiger charge is 2.26. The minimum Gasteiger partial charge on any atom is -0.346 e. The van der Waals surface area contributed by atoms with Crippen LogP contribution in [0.25, 0.3) is 16.3 Å². The zero-order valence-electron chi connectivity index (χ0n) is 16.3. The average Bonchev–Trinajstić information content (AvgIpc) is 3.32. The van der Waals surface area contributed by atoms with Gasteiger partial charge in [-0.3, -0.25) is 4.79 Å². The van der Waals surface area contributed by atoms with Crippen molar-refractivity contribution in [1.29, 1.82) is 0 Å². The van der Waals surface area contributed by atoms with Gasteiger partial charge in [-0.1, -0.05) is 12.1 Å². The molecule has 1 aliphatic rings. The maximum atomic E-state index is 12.7. The van der Waals surface area contributed by atoms with Gasteiger partial charge in [0, 0.05) is 30.6 Å². The SMILES string of the molecule is Cc1cc(/C=C/C(=O)N(C)[C@H](C)c2nc3ccccc3s2)c(C)n1C1CC1. The molecular weight excluding hydrogens is 354 g/mol. The normalized spacial score (nSPS) is 15.6. The van der Waals surface area contributed by atoms with Crippen LogP contribution in [0.5, 0.6) is 0 Å². The summed E-state index contributed by atoms with van der Waals surface area (Å²) < 4.78 is 3.56. The number of carbonyl (C=O) groups is 1. The summed E-state index contributed by atoms with van der Waals surface area (Å²) >= 11 is 1.65. The lowest BCUT2D eigenvalue weighted by atomic mass is 10.2. The van der Waals surface area contributed by atoms with E-state index in [2.05, 4.69) is 35.5 Å². The highest BCUT2D eigenvalue weighted by Crippen LogP contribution is 2.38. The van der Waals surface area contributed by atoms with E-state index in [0.29, 0.717) is 6.04 Å². The monoisotopic (exact) mass is 379 g/mol. The molecule has 1 amide bonds. The Hall–Kier alpha value is -2.40. The van der Waals surface area contributed by atoms with Crippen LogP contribution < -0.4 is 0 Å². The van der Waals surface area contributed by atoms with Crippen molar-refractivity contribution < 1.29 is 4.79 Å². The number of likely N-dealkylation sites (N-methyl/N-ethyl adjacent to an activating group) is 1. The molecule has 5 heteroatoms. The van der Waals surface area contributed by atoms with Gasteiger partial charge in [-0.15, -0.1) is 11.3 Å². The van der Waals surface area contributed by atoms with Gasteiger partial charge in [-0.2, -0.15) is 0 Å². The minimum atomic E-state index is -0.0570. The number of para-hydroxylation sites is 1. The number of rotatable bonds is 5. The fourth-order valence-corrected chi connectivity index (χ4v) is 4.63. The van der Waals surface area contributed by atoms with Gasteiger partial charge in [0.05, 0.1) is 16.3 Å². The first-order chi connectivity index (χ1) is 13.0. The number of hydrogen-bond donors (Lipinski definition) is 0. The molecule has 0 saturated heterocycles. The number of benzene rings is 1. The summed E-state index contributed by atoms with van der Waals surface area (Å²) in [6.45, 7) is 6.32. The fraction of sp³-hybridized carbons (Fsp3) is 0.364.